The minimum absolute atomic E-state index is 0.128. The maximum atomic E-state index is 12.0. The van der Waals surface area contributed by atoms with Gasteiger partial charge in [-0.2, -0.15) is 5.26 Å². The topological polar surface area (TPSA) is 79.2 Å². The standard InChI is InChI=1S/C18H20N2O3/c1-18(11-19,13-5-6-13)20-17(22)10-23-14-7-8-15-12(9-14)3-2-4-16(15)21/h7-9,13H,2-6,10H2,1H3,(H,20,22)/t18-/m0/s1. The average Bonchev–Trinajstić information content (AvgIpc) is 3.38. The second-order valence-corrected chi connectivity index (χ2v) is 6.52. The maximum absolute atomic E-state index is 12.0. The third-order valence-corrected chi connectivity index (χ3v) is 4.62. The molecule has 0 aliphatic heterocycles. The molecule has 5 nitrogen and oxygen atoms in total. The number of rotatable bonds is 5. The molecule has 1 atom stereocenters. The number of nitrogens with one attached hydrogen (secondary N) is 1. The highest BCUT2D eigenvalue weighted by molar-refractivity contribution is 5.98. The monoisotopic (exact) mass is 312 g/mol. The first-order valence-electron chi connectivity index (χ1n) is 8.03. The summed E-state index contributed by atoms with van der Waals surface area (Å²) in [5.41, 5.74) is 0.945. The van der Waals surface area contributed by atoms with Crippen LogP contribution in [0.3, 0.4) is 0 Å². The van der Waals surface area contributed by atoms with Crippen molar-refractivity contribution in [3.8, 4) is 11.8 Å². The van der Waals surface area contributed by atoms with Crippen LogP contribution in [0.2, 0.25) is 0 Å². The number of ether oxygens (including phenoxy) is 1. The van der Waals surface area contributed by atoms with Gasteiger partial charge in [-0.15, -0.1) is 0 Å². The van der Waals surface area contributed by atoms with Crippen molar-refractivity contribution in [2.75, 3.05) is 6.61 Å². The summed E-state index contributed by atoms with van der Waals surface area (Å²) in [5, 5.41) is 12.0. The molecule has 1 N–H and O–H groups in total. The Kier molecular flexibility index (Phi) is 4.08. The van der Waals surface area contributed by atoms with Crippen LogP contribution in [-0.2, 0) is 11.2 Å². The summed E-state index contributed by atoms with van der Waals surface area (Å²) in [6.45, 7) is 1.63. The van der Waals surface area contributed by atoms with Gasteiger partial charge in [0.1, 0.15) is 11.3 Å². The smallest absolute Gasteiger partial charge is 0.259 e. The fourth-order valence-corrected chi connectivity index (χ4v) is 3.07. The third kappa shape index (κ3) is 3.37. The van der Waals surface area contributed by atoms with Gasteiger partial charge in [0.2, 0.25) is 0 Å². The Morgan fingerprint density at radius 1 is 1.43 bits per heavy atom. The molecule has 3 rings (SSSR count). The van der Waals surface area contributed by atoms with Crippen LogP contribution in [0, 0.1) is 17.2 Å². The van der Waals surface area contributed by atoms with E-state index in [1.807, 2.05) is 6.07 Å². The van der Waals surface area contributed by atoms with Crippen molar-refractivity contribution < 1.29 is 14.3 Å². The average molecular weight is 312 g/mol. The molecule has 0 bridgehead atoms. The van der Waals surface area contributed by atoms with E-state index in [4.69, 9.17) is 4.74 Å². The molecule has 0 aromatic heterocycles. The molecule has 5 heteroatoms. The highest BCUT2D eigenvalue weighted by atomic mass is 16.5. The Balaban J connectivity index is 1.59. The SMILES string of the molecule is C[C@@](C#N)(NC(=O)COc1ccc2c(c1)CCCC2=O)C1CC1. The van der Waals surface area contributed by atoms with E-state index < -0.39 is 5.54 Å². The lowest BCUT2D eigenvalue weighted by molar-refractivity contribution is -0.124. The largest absolute Gasteiger partial charge is 0.484 e. The zero-order valence-electron chi connectivity index (χ0n) is 13.2. The van der Waals surface area contributed by atoms with E-state index in [1.54, 1.807) is 19.1 Å². The van der Waals surface area contributed by atoms with E-state index in [9.17, 15) is 14.9 Å². The highest BCUT2D eigenvalue weighted by Crippen LogP contribution is 2.39. The molecule has 0 heterocycles. The summed E-state index contributed by atoms with van der Waals surface area (Å²) in [6, 6.07) is 7.52. The summed E-state index contributed by atoms with van der Waals surface area (Å²) in [4.78, 5) is 23.8. The van der Waals surface area contributed by atoms with Crippen LogP contribution in [0.25, 0.3) is 0 Å². The van der Waals surface area contributed by atoms with Crippen LogP contribution in [0.5, 0.6) is 5.75 Å². The van der Waals surface area contributed by atoms with Gasteiger partial charge in [-0.05, 0) is 62.3 Å². The quantitative estimate of drug-likeness (QED) is 0.905. The van der Waals surface area contributed by atoms with Gasteiger partial charge in [-0.3, -0.25) is 9.59 Å². The molecular formula is C18H20N2O3. The Bertz CT molecular complexity index is 688. The summed E-state index contributed by atoms with van der Waals surface area (Å²) in [7, 11) is 0. The number of benzene rings is 1. The number of Topliss-reactive ketones (excluding diaryl/α,β-unsaturated/α-hetero) is 1. The molecule has 1 aromatic carbocycles. The van der Waals surface area contributed by atoms with Crippen molar-refractivity contribution in [1.29, 1.82) is 5.26 Å². The lowest BCUT2D eigenvalue weighted by atomic mass is 9.90. The van der Waals surface area contributed by atoms with E-state index in [-0.39, 0.29) is 24.2 Å². The Morgan fingerprint density at radius 3 is 2.91 bits per heavy atom. The van der Waals surface area contributed by atoms with E-state index in [0.717, 1.165) is 36.8 Å². The first-order valence-corrected chi connectivity index (χ1v) is 8.03. The molecule has 23 heavy (non-hydrogen) atoms. The van der Waals surface area contributed by atoms with Gasteiger partial charge in [0.05, 0.1) is 6.07 Å². The molecule has 1 amide bonds. The van der Waals surface area contributed by atoms with E-state index in [2.05, 4.69) is 11.4 Å². The van der Waals surface area contributed by atoms with Crippen LogP contribution in [0.4, 0.5) is 0 Å². The number of carbonyl (C=O) groups is 2. The molecule has 0 radical (unpaired) electrons. The predicted octanol–water partition coefficient (Wildman–Crippen LogP) is 2.39. The Morgan fingerprint density at radius 2 is 2.22 bits per heavy atom. The number of nitriles is 1. The molecule has 0 saturated heterocycles. The van der Waals surface area contributed by atoms with Gasteiger partial charge in [0.25, 0.3) is 5.91 Å². The molecular weight excluding hydrogens is 292 g/mol. The number of fused-ring (bicyclic) bond motifs is 1. The minimum atomic E-state index is -0.803. The molecule has 1 fully saturated rings. The maximum Gasteiger partial charge on any atom is 0.259 e. The second kappa shape index (κ2) is 6.04. The molecule has 0 unspecified atom stereocenters. The number of nitrogens with zero attached hydrogens (tertiary/aromatic N) is 1. The molecule has 2 aliphatic carbocycles. The van der Waals surface area contributed by atoms with Gasteiger partial charge in [0.15, 0.2) is 12.4 Å². The third-order valence-electron chi connectivity index (χ3n) is 4.62. The Hall–Kier alpha value is -2.35. The lowest BCUT2D eigenvalue weighted by Gasteiger charge is -2.23. The van der Waals surface area contributed by atoms with Gasteiger partial charge in [-0.25, -0.2) is 0 Å². The van der Waals surface area contributed by atoms with Gasteiger partial charge < -0.3 is 10.1 Å². The summed E-state index contributed by atoms with van der Waals surface area (Å²) in [5.74, 6) is 0.699. The highest BCUT2D eigenvalue weighted by Gasteiger charge is 2.43. The predicted molar refractivity (Wildman–Crippen MR) is 84.1 cm³/mol. The van der Waals surface area contributed by atoms with Crippen molar-refractivity contribution in [1.82, 2.24) is 5.32 Å². The van der Waals surface area contributed by atoms with Crippen LogP contribution >= 0.6 is 0 Å². The van der Waals surface area contributed by atoms with Gasteiger partial charge in [0, 0.05) is 12.0 Å². The van der Waals surface area contributed by atoms with Crippen molar-refractivity contribution in [2.24, 2.45) is 5.92 Å². The van der Waals surface area contributed by atoms with Crippen LogP contribution in [-0.4, -0.2) is 23.8 Å². The number of amides is 1. The Labute approximate surface area is 135 Å². The number of hydrogen-bond acceptors (Lipinski definition) is 4. The second-order valence-electron chi connectivity index (χ2n) is 6.52. The van der Waals surface area contributed by atoms with E-state index in [1.165, 1.54) is 0 Å². The number of carbonyl (C=O) groups excluding carboxylic acids is 2. The first-order chi connectivity index (χ1) is 11.0. The molecule has 1 saturated carbocycles. The molecule has 0 spiro atoms. The fourth-order valence-electron chi connectivity index (χ4n) is 3.07. The van der Waals surface area contributed by atoms with E-state index in [0.29, 0.717) is 12.2 Å². The van der Waals surface area contributed by atoms with Crippen molar-refractivity contribution in [3.63, 3.8) is 0 Å². The van der Waals surface area contributed by atoms with Crippen LogP contribution in [0.1, 0.15) is 48.5 Å². The van der Waals surface area contributed by atoms with Gasteiger partial charge >= 0.3 is 0 Å². The molecule has 1 aromatic rings. The minimum Gasteiger partial charge on any atom is -0.484 e. The normalized spacial score (nSPS) is 19.2. The lowest BCUT2D eigenvalue weighted by Crippen LogP contribution is -2.48. The number of aryl methyl sites for hydroxylation is 1. The van der Waals surface area contributed by atoms with Crippen molar-refractivity contribution in [2.45, 2.75) is 44.6 Å². The van der Waals surface area contributed by atoms with Gasteiger partial charge in [-0.1, -0.05) is 0 Å². The molecule has 2 aliphatic rings. The first kappa shape index (κ1) is 15.5. The van der Waals surface area contributed by atoms with Crippen molar-refractivity contribution >= 4 is 11.7 Å². The van der Waals surface area contributed by atoms with Crippen LogP contribution < -0.4 is 10.1 Å². The zero-order valence-corrected chi connectivity index (χ0v) is 13.2. The number of hydrogen-bond donors (Lipinski definition) is 1. The van der Waals surface area contributed by atoms with Crippen LogP contribution in [0.15, 0.2) is 18.2 Å². The molecule has 120 valence electrons. The fraction of sp³-hybridized carbons (Fsp3) is 0.500. The summed E-state index contributed by atoms with van der Waals surface area (Å²) in [6.07, 6.45) is 4.27. The summed E-state index contributed by atoms with van der Waals surface area (Å²) < 4.78 is 5.53. The van der Waals surface area contributed by atoms with E-state index >= 15 is 0 Å². The summed E-state index contributed by atoms with van der Waals surface area (Å²) >= 11 is 0. The van der Waals surface area contributed by atoms with Crippen molar-refractivity contribution in [3.05, 3.63) is 29.3 Å². The number of ketones is 1. The zero-order chi connectivity index (χ0) is 16.4.